The summed E-state index contributed by atoms with van der Waals surface area (Å²) in [5.41, 5.74) is 6.23. The first-order chi connectivity index (χ1) is 11.8. The number of nitrogens with zero attached hydrogens (tertiary/aromatic N) is 4. The summed E-state index contributed by atoms with van der Waals surface area (Å²) in [5.74, 6) is 1.62. The van der Waals surface area contributed by atoms with Crippen LogP contribution in [0.5, 0.6) is 0 Å². The van der Waals surface area contributed by atoms with Crippen molar-refractivity contribution in [2.75, 3.05) is 5.73 Å². The molecule has 134 valence electrons. The average molecular weight is 408 g/mol. The average Bonchev–Trinajstić information content (AvgIpc) is 3.18. The van der Waals surface area contributed by atoms with Gasteiger partial charge in [-0.1, -0.05) is 0 Å². The molecule has 3 heterocycles. The number of amides is 1. The predicted octanol–water partition coefficient (Wildman–Crippen LogP) is 3.53. The molecule has 2 aromatic heterocycles. The van der Waals surface area contributed by atoms with E-state index in [0.29, 0.717) is 16.3 Å². The van der Waals surface area contributed by atoms with Crippen molar-refractivity contribution in [3.8, 4) is 0 Å². The lowest BCUT2D eigenvalue weighted by Crippen LogP contribution is -2.43. The Kier molecular flexibility index (Phi) is 3.72. The van der Waals surface area contributed by atoms with Gasteiger partial charge in [0.1, 0.15) is 21.5 Å². The Hall–Kier alpha value is -1.83. The van der Waals surface area contributed by atoms with E-state index in [1.807, 2.05) is 36.3 Å². The highest BCUT2D eigenvalue weighted by atomic mass is 79.9. The van der Waals surface area contributed by atoms with Crippen molar-refractivity contribution in [2.45, 2.75) is 57.7 Å². The molecule has 1 aliphatic heterocycles. The van der Waals surface area contributed by atoms with Gasteiger partial charge >= 0.3 is 6.09 Å². The topological polar surface area (TPSA) is 85.8 Å². The molecule has 2 aliphatic rings. The molecule has 1 aliphatic carbocycles. The Morgan fingerprint density at radius 1 is 1.40 bits per heavy atom. The number of piperidine rings is 1. The van der Waals surface area contributed by atoms with Crippen LogP contribution in [-0.4, -0.2) is 37.0 Å². The molecule has 2 aromatic rings. The Labute approximate surface area is 154 Å². The molecular weight excluding hydrogens is 386 g/mol. The van der Waals surface area contributed by atoms with Crippen molar-refractivity contribution < 1.29 is 9.53 Å². The zero-order valence-electron chi connectivity index (χ0n) is 14.6. The molecule has 1 amide bonds. The summed E-state index contributed by atoms with van der Waals surface area (Å²) in [6.07, 6.45) is 6.36. The van der Waals surface area contributed by atoms with Crippen molar-refractivity contribution in [2.24, 2.45) is 5.92 Å². The highest BCUT2D eigenvalue weighted by Gasteiger charge is 2.51. The maximum atomic E-state index is 12.9. The molecule has 3 atom stereocenters. The lowest BCUT2D eigenvalue weighted by atomic mass is 9.98. The van der Waals surface area contributed by atoms with E-state index in [4.69, 9.17) is 15.5 Å². The fourth-order valence-corrected chi connectivity index (χ4v) is 4.73. The number of aromatic nitrogens is 3. The molecule has 0 radical (unpaired) electrons. The summed E-state index contributed by atoms with van der Waals surface area (Å²) in [4.78, 5) is 23.6. The SMILES string of the molecule is CC(C)(C)OC(=O)N1C2CCC(C2)C1c1nc(Br)c2c(N)nccn12. The van der Waals surface area contributed by atoms with E-state index in [2.05, 4.69) is 20.9 Å². The second-order valence-corrected chi connectivity index (χ2v) is 8.60. The standard InChI is InChI=1S/C17H22BrN5O2/c1-17(2,3)25-16(24)23-10-5-4-9(8-10)11(23)15-21-13(18)12-14(19)20-6-7-22(12)15/h6-7,9-11H,4-5,8H2,1-3H3,(H2,19,20). The van der Waals surface area contributed by atoms with E-state index < -0.39 is 5.60 Å². The number of halogens is 1. The van der Waals surface area contributed by atoms with Crippen LogP contribution in [-0.2, 0) is 4.74 Å². The summed E-state index contributed by atoms with van der Waals surface area (Å²) in [6.45, 7) is 5.67. The number of carbonyl (C=O) groups is 1. The molecular formula is C17H22BrN5O2. The zero-order chi connectivity index (χ0) is 17.9. The van der Waals surface area contributed by atoms with Gasteiger partial charge in [0.15, 0.2) is 5.82 Å². The molecule has 2 bridgehead atoms. The summed E-state index contributed by atoms with van der Waals surface area (Å²) in [5, 5.41) is 0. The number of ether oxygens (including phenoxy) is 1. The Morgan fingerprint density at radius 2 is 2.16 bits per heavy atom. The summed E-state index contributed by atoms with van der Waals surface area (Å²) < 4.78 is 8.26. The van der Waals surface area contributed by atoms with E-state index in [1.54, 1.807) is 6.20 Å². The number of anilines is 1. The van der Waals surface area contributed by atoms with E-state index in [9.17, 15) is 4.79 Å². The minimum Gasteiger partial charge on any atom is -0.444 e. The van der Waals surface area contributed by atoms with Gasteiger partial charge in [-0.15, -0.1) is 0 Å². The number of imidazole rings is 1. The van der Waals surface area contributed by atoms with E-state index in [0.717, 1.165) is 30.6 Å². The summed E-state index contributed by atoms with van der Waals surface area (Å²) in [7, 11) is 0. The van der Waals surface area contributed by atoms with Crippen LogP contribution in [0, 0.1) is 5.92 Å². The Bertz CT molecular complexity index is 843. The maximum Gasteiger partial charge on any atom is 0.411 e. The summed E-state index contributed by atoms with van der Waals surface area (Å²) >= 11 is 3.49. The third-order valence-electron chi connectivity index (χ3n) is 5.02. The molecule has 8 heteroatoms. The number of likely N-dealkylation sites (tertiary alicyclic amines) is 1. The predicted molar refractivity (Wildman–Crippen MR) is 97.0 cm³/mol. The number of carbonyl (C=O) groups excluding carboxylic acids is 1. The van der Waals surface area contributed by atoms with Crippen LogP contribution in [0.4, 0.5) is 10.6 Å². The van der Waals surface area contributed by atoms with Gasteiger partial charge in [0.25, 0.3) is 0 Å². The third-order valence-corrected chi connectivity index (χ3v) is 5.57. The molecule has 4 rings (SSSR count). The van der Waals surface area contributed by atoms with Gasteiger partial charge in [-0.25, -0.2) is 14.8 Å². The van der Waals surface area contributed by atoms with Crippen LogP contribution in [0.2, 0.25) is 0 Å². The monoisotopic (exact) mass is 407 g/mol. The molecule has 1 saturated carbocycles. The lowest BCUT2D eigenvalue weighted by molar-refractivity contribution is 0.00604. The second-order valence-electron chi connectivity index (χ2n) is 7.85. The van der Waals surface area contributed by atoms with Crippen molar-refractivity contribution in [1.29, 1.82) is 0 Å². The summed E-state index contributed by atoms with van der Waals surface area (Å²) in [6, 6.07) is 0.115. The molecule has 25 heavy (non-hydrogen) atoms. The van der Waals surface area contributed by atoms with E-state index in [-0.39, 0.29) is 18.2 Å². The fourth-order valence-electron chi connectivity index (χ4n) is 4.15. The molecule has 0 spiro atoms. The molecule has 7 nitrogen and oxygen atoms in total. The Balaban J connectivity index is 1.78. The van der Waals surface area contributed by atoms with Crippen molar-refractivity contribution >= 4 is 33.4 Å². The number of fused-ring (bicyclic) bond motifs is 3. The molecule has 2 fully saturated rings. The number of hydrogen-bond donors (Lipinski definition) is 1. The van der Waals surface area contributed by atoms with Crippen LogP contribution < -0.4 is 5.73 Å². The van der Waals surface area contributed by atoms with Gasteiger partial charge < -0.3 is 10.5 Å². The van der Waals surface area contributed by atoms with Gasteiger partial charge in [-0.05, 0) is 61.9 Å². The largest absolute Gasteiger partial charge is 0.444 e. The first-order valence-corrected chi connectivity index (χ1v) is 9.35. The highest BCUT2D eigenvalue weighted by Crippen LogP contribution is 2.50. The highest BCUT2D eigenvalue weighted by molar-refractivity contribution is 9.10. The van der Waals surface area contributed by atoms with Gasteiger partial charge in [-0.2, -0.15) is 0 Å². The fraction of sp³-hybridized carbons (Fsp3) is 0.588. The number of nitrogen functional groups attached to an aromatic ring is 1. The van der Waals surface area contributed by atoms with Crippen LogP contribution in [0.15, 0.2) is 17.0 Å². The van der Waals surface area contributed by atoms with Crippen LogP contribution in [0.3, 0.4) is 0 Å². The zero-order valence-corrected chi connectivity index (χ0v) is 16.2. The van der Waals surface area contributed by atoms with Gasteiger partial charge in [-0.3, -0.25) is 9.30 Å². The van der Waals surface area contributed by atoms with Gasteiger partial charge in [0.05, 0.1) is 6.04 Å². The van der Waals surface area contributed by atoms with Crippen molar-refractivity contribution in [3.05, 3.63) is 22.8 Å². The van der Waals surface area contributed by atoms with E-state index in [1.165, 1.54) is 0 Å². The first kappa shape index (κ1) is 16.6. The van der Waals surface area contributed by atoms with Crippen molar-refractivity contribution in [3.63, 3.8) is 0 Å². The molecule has 0 aromatic carbocycles. The number of nitrogens with two attached hydrogens (primary N) is 1. The minimum atomic E-state index is -0.521. The lowest BCUT2D eigenvalue weighted by Gasteiger charge is -2.35. The van der Waals surface area contributed by atoms with Crippen LogP contribution in [0.1, 0.15) is 51.9 Å². The second kappa shape index (κ2) is 5.59. The van der Waals surface area contributed by atoms with Crippen LogP contribution >= 0.6 is 15.9 Å². The van der Waals surface area contributed by atoms with Crippen LogP contribution in [0.25, 0.3) is 5.52 Å². The minimum absolute atomic E-state index is 0.103. The van der Waals surface area contributed by atoms with Crippen molar-refractivity contribution in [1.82, 2.24) is 19.3 Å². The van der Waals surface area contributed by atoms with Gasteiger partial charge in [0, 0.05) is 18.4 Å². The maximum absolute atomic E-state index is 12.9. The Morgan fingerprint density at radius 3 is 2.88 bits per heavy atom. The quantitative estimate of drug-likeness (QED) is 0.780. The third kappa shape index (κ3) is 2.67. The molecule has 1 saturated heterocycles. The molecule has 2 N–H and O–H groups in total. The number of rotatable bonds is 1. The normalized spacial score (nSPS) is 25.8. The molecule has 3 unspecified atom stereocenters. The van der Waals surface area contributed by atoms with Gasteiger partial charge in [0.2, 0.25) is 0 Å². The van der Waals surface area contributed by atoms with E-state index >= 15 is 0 Å². The first-order valence-electron chi connectivity index (χ1n) is 8.55. The number of hydrogen-bond acceptors (Lipinski definition) is 5. The smallest absolute Gasteiger partial charge is 0.411 e.